The van der Waals surface area contributed by atoms with Crippen LogP contribution in [0.4, 0.5) is 5.69 Å². The van der Waals surface area contributed by atoms with Gasteiger partial charge in [-0.3, -0.25) is 13.9 Å². The second kappa shape index (κ2) is 14.0. The van der Waals surface area contributed by atoms with Crippen molar-refractivity contribution in [2.45, 2.75) is 51.6 Å². The zero-order chi connectivity index (χ0) is 30.2. The number of nitrogens with one attached hydrogen (secondary N) is 1. The number of carbonyl (C=O) groups is 2. The monoisotopic (exact) mass is 581 g/mol. The average molecular weight is 582 g/mol. The van der Waals surface area contributed by atoms with E-state index in [0.29, 0.717) is 18.7 Å². The van der Waals surface area contributed by atoms with Crippen molar-refractivity contribution < 1.29 is 27.5 Å². The third-order valence-corrected chi connectivity index (χ3v) is 8.66. The van der Waals surface area contributed by atoms with Gasteiger partial charge in [-0.2, -0.15) is 0 Å². The van der Waals surface area contributed by atoms with Gasteiger partial charge in [0.15, 0.2) is 0 Å². The van der Waals surface area contributed by atoms with E-state index in [2.05, 4.69) is 5.32 Å². The average Bonchev–Trinajstić information content (AvgIpc) is 2.96. The Kier molecular flexibility index (Phi) is 10.8. The van der Waals surface area contributed by atoms with Crippen LogP contribution < -0.4 is 19.1 Å². The quantitative estimate of drug-likeness (QED) is 0.320. The zero-order valence-corrected chi connectivity index (χ0v) is 25.3. The highest BCUT2D eigenvalue weighted by atomic mass is 32.2. The molecular formula is C31H39N3O6S. The van der Waals surface area contributed by atoms with Crippen LogP contribution in [0.2, 0.25) is 0 Å². The molecule has 0 aliphatic rings. The van der Waals surface area contributed by atoms with Gasteiger partial charge in [-0.15, -0.1) is 0 Å². The second-order valence-electron chi connectivity index (χ2n) is 9.63. The Morgan fingerprint density at radius 3 is 2.20 bits per heavy atom. The predicted molar refractivity (Wildman–Crippen MR) is 160 cm³/mol. The van der Waals surface area contributed by atoms with Crippen LogP contribution in [0.3, 0.4) is 0 Å². The molecule has 0 aromatic heterocycles. The lowest BCUT2D eigenvalue weighted by Gasteiger charge is -2.33. The van der Waals surface area contributed by atoms with E-state index in [9.17, 15) is 18.0 Å². The Labute approximate surface area is 243 Å². The molecule has 0 bridgehead atoms. The highest BCUT2D eigenvalue weighted by Gasteiger charge is 2.35. The molecule has 0 saturated heterocycles. The zero-order valence-electron chi connectivity index (χ0n) is 24.5. The van der Waals surface area contributed by atoms with Gasteiger partial charge in [0.1, 0.15) is 24.1 Å². The number of ether oxygens (including phenoxy) is 2. The Bertz CT molecular complexity index is 1460. The van der Waals surface area contributed by atoms with Crippen molar-refractivity contribution in [3.05, 3.63) is 83.4 Å². The maximum absolute atomic E-state index is 14.2. The summed E-state index contributed by atoms with van der Waals surface area (Å²) in [5, 5.41) is 2.81. The third kappa shape index (κ3) is 7.38. The van der Waals surface area contributed by atoms with E-state index in [0.717, 1.165) is 21.0 Å². The van der Waals surface area contributed by atoms with Gasteiger partial charge in [0, 0.05) is 19.2 Å². The van der Waals surface area contributed by atoms with E-state index >= 15 is 0 Å². The molecule has 1 unspecified atom stereocenters. The number of carbonyl (C=O) groups excluding carboxylic acids is 2. The number of sulfonamides is 1. The molecule has 3 aromatic rings. The number of hydrogen-bond donors (Lipinski definition) is 1. The Hall–Kier alpha value is -4.05. The molecular weight excluding hydrogens is 542 g/mol. The molecule has 0 saturated carbocycles. The molecule has 0 heterocycles. The lowest BCUT2D eigenvalue weighted by Crippen LogP contribution is -2.52. The lowest BCUT2D eigenvalue weighted by atomic mass is 10.1. The number of hydrogen-bond acceptors (Lipinski definition) is 6. The fraction of sp³-hybridized carbons (Fsp3) is 0.355. The van der Waals surface area contributed by atoms with Gasteiger partial charge in [-0.25, -0.2) is 8.42 Å². The minimum Gasteiger partial charge on any atom is -0.497 e. The highest BCUT2D eigenvalue weighted by Crippen LogP contribution is 2.36. The number of methoxy groups -OCH3 is 2. The Balaban J connectivity index is 2.16. The maximum atomic E-state index is 14.2. The molecule has 220 valence electrons. The fourth-order valence-electron chi connectivity index (χ4n) is 4.53. The minimum atomic E-state index is -4.25. The van der Waals surface area contributed by atoms with Crippen LogP contribution in [0.5, 0.6) is 11.5 Å². The van der Waals surface area contributed by atoms with Crippen LogP contribution in [0.1, 0.15) is 37.0 Å². The van der Waals surface area contributed by atoms with Gasteiger partial charge in [0.25, 0.3) is 10.0 Å². The molecule has 1 atom stereocenters. The van der Waals surface area contributed by atoms with E-state index < -0.39 is 28.5 Å². The third-order valence-electron chi connectivity index (χ3n) is 6.88. The molecule has 2 amide bonds. The molecule has 0 aliphatic heterocycles. The summed E-state index contributed by atoms with van der Waals surface area (Å²) >= 11 is 0. The summed E-state index contributed by atoms with van der Waals surface area (Å²) in [7, 11) is -1.35. The highest BCUT2D eigenvalue weighted by molar-refractivity contribution is 7.92. The van der Waals surface area contributed by atoms with E-state index in [1.54, 1.807) is 24.3 Å². The lowest BCUT2D eigenvalue weighted by molar-refractivity contribution is -0.140. The molecule has 41 heavy (non-hydrogen) atoms. The van der Waals surface area contributed by atoms with E-state index in [4.69, 9.17) is 9.47 Å². The number of aryl methyl sites for hydroxylation is 2. The summed E-state index contributed by atoms with van der Waals surface area (Å²) in [5.74, 6) is -0.200. The van der Waals surface area contributed by atoms with E-state index in [1.807, 2.05) is 52.0 Å². The van der Waals surface area contributed by atoms with Crippen molar-refractivity contribution in [3.63, 3.8) is 0 Å². The van der Waals surface area contributed by atoms with Crippen molar-refractivity contribution in [2.24, 2.45) is 0 Å². The van der Waals surface area contributed by atoms with Crippen molar-refractivity contribution in [2.75, 3.05) is 31.6 Å². The van der Waals surface area contributed by atoms with E-state index in [-0.39, 0.29) is 28.8 Å². The smallest absolute Gasteiger partial charge is 0.264 e. The van der Waals surface area contributed by atoms with Gasteiger partial charge in [-0.05, 0) is 62.6 Å². The molecule has 10 heteroatoms. The predicted octanol–water partition coefficient (Wildman–Crippen LogP) is 4.46. The summed E-state index contributed by atoms with van der Waals surface area (Å²) in [6, 6.07) is 17.9. The first-order chi connectivity index (χ1) is 19.6. The maximum Gasteiger partial charge on any atom is 0.264 e. The number of anilines is 1. The standard InChI is InChI=1S/C31H39N3O6S/c1-7-27(31(36)32-8-2)33(20-24-12-10-9-11-23(24)4)30(35)21-34(28-19-25(39-5)15-18-29(28)40-6)41(37,38)26-16-13-22(3)14-17-26/h9-19,27H,7-8,20-21H2,1-6H3,(H,32,36). The molecule has 3 aromatic carbocycles. The van der Waals surface area contributed by atoms with Gasteiger partial charge in [-0.1, -0.05) is 48.9 Å². The largest absolute Gasteiger partial charge is 0.497 e. The summed E-state index contributed by atoms with van der Waals surface area (Å²) < 4.78 is 40.2. The van der Waals surface area contributed by atoms with Crippen molar-refractivity contribution in [3.8, 4) is 11.5 Å². The topological polar surface area (TPSA) is 105 Å². The Morgan fingerprint density at radius 2 is 1.61 bits per heavy atom. The number of likely N-dealkylation sites (N-methyl/N-ethyl adjacent to an activating group) is 1. The normalized spacial score (nSPS) is 11.9. The van der Waals surface area contributed by atoms with E-state index in [1.165, 1.54) is 37.3 Å². The Morgan fingerprint density at radius 1 is 0.927 bits per heavy atom. The summed E-state index contributed by atoms with van der Waals surface area (Å²) in [5.41, 5.74) is 2.84. The first-order valence-electron chi connectivity index (χ1n) is 13.5. The number of rotatable bonds is 13. The van der Waals surface area contributed by atoms with Crippen LogP contribution in [-0.4, -0.2) is 58.5 Å². The first kappa shape index (κ1) is 31.5. The van der Waals surface area contributed by atoms with Crippen LogP contribution in [0, 0.1) is 13.8 Å². The van der Waals surface area contributed by atoms with Crippen molar-refractivity contribution >= 4 is 27.5 Å². The van der Waals surface area contributed by atoms with Crippen LogP contribution >= 0.6 is 0 Å². The molecule has 9 nitrogen and oxygen atoms in total. The van der Waals surface area contributed by atoms with Gasteiger partial charge >= 0.3 is 0 Å². The summed E-state index contributed by atoms with van der Waals surface area (Å²) in [6.45, 7) is 7.39. The minimum absolute atomic E-state index is 0.0157. The fourth-order valence-corrected chi connectivity index (χ4v) is 5.94. The van der Waals surface area contributed by atoms with Crippen molar-refractivity contribution in [1.82, 2.24) is 10.2 Å². The van der Waals surface area contributed by atoms with Gasteiger partial charge < -0.3 is 19.7 Å². The van der Waals surface area contributed by atoms with Crippen LogP contribution in [-0.2, 0) is 26.2 Å². The van der Waals surface area contributed by atoms with Crippen LogP contribution in [0.15, 0.2) is 71.6 Å². The van der Waals surface area contributed by atoms with Gasteiger partial charge in [0.05, 0.1) is 24.8 Å². The SMILES string of the molecule is CCNC(=O)C(CC)N(Cc1ccccc1C)C(=O)CN(c1cc(OC)ccc1OC)S(=O)(=O)c1ccc(C)cc1. The second-order valence-corrected chi connectivity index (χ2v) is 11.5. The first-order valence-corrected chi connectivity index (χ1v) is 14.9. The number of benzene rings is 3. The molecule has 1 N–H and O–H groups in total. The summed E-state index contributed by atoms with van der Waals surface area (Å²) in [6.07, 6.45) is 0.344. The number of nitrogens with zero attached hydrogens (tertiary/aromatic N) is 2. The van der Waals surface area contributed by atoms with Gasteiger partial charge in [0.2, 0.25) is 11.8 Å². The summed E-state index contributed by atoms with van der Waals surface area (Å²) in [4.78, 5) is 28.8. The molecule has 3 rings (SSSR count). The molecule has 0 spiro atoms. The molecule has 0 fully saturated rings. The molecule has 0 aliphatic carbocycles. The van der Waals surface area contributed by atoms with Crippen LogP contribution in [0.25, 0.3) is 0 Å². The molecule has 0 radical (unpaired) electrons. The van der Waals surface area contributed by atoms with Crippen molar-refractivity contribution in [1.29, 1.82) is 0 Å². The number of amides is 2.